The number of nitrogens with zero attached hydrogens (tertiary/aromatic N) is 3. The van der Waals surface area contributed by atoms with E-state index >= 15 is 0 Å². The van der Waals surface area contributed by atoms with Gasteiger partial charge in [-0.2, -0.15) is 0 Å². The second kappa shape index (κ2) is 3.55. The van der Waals surface area contributed by atoms with Gasteiger partial charge in [0.05, 0.1) is 5.52 Å². The van der Waals surface area contributed by atoms with Gasteiger partial charge in [0.1, 0.15) is 11.6 Å². The number of nitrogens with two attached hydrogens (primary N) is 1. The first kappa shape index (κ1) is 9.77. The molecule has 0 atom stereocenters. The predicted molar refractivity (Wildman–Crippen MR) is 66.3 cm³/mol. The third-order valence-corrected chi connectivity index (χ3v) is 2.52. The van der Waals surface area contributed by atoms with Crippen molar-refractivity contribution in [2.24, 2.45) is 0 Å². The molecule has 0 radical (unpaired) electrons. The van der Waals surface area contributed by atoms with Crippen molar-refractivity contribution in [1.29, 1.82) is 0 Å². The van der Waals surface area contributed by atoms with Crippen molar-refractivity contribution >= 4 is 17.0 Å². The molecule has 0 spiro atoms. The summed E-state index contributed by atoms with van der Waals surface area (Å²) >= 11 is 0. The lowest BCUT2D eigenvalue weighted by Crippen LogP contribution is -1.88. The van der Waals surface area contributed by atoms with Crippen molar-refractivity contribution in [2.75, 3.05) is 5.73 Å². The Morgan fingerprint density at radius 3 is 2.88 bits per heavy atom. The van der Waals surface area contributed by atoms with E-state index in [-0.39, 0.29) is 0 Å². The molecule has 0 unspecified atom stereocenters. The Balaban J connectivity index is 2.18. The lowest BCUT2D eigenvalue weighted by atomic mass is 10.2. The van der Waals surface area contributed by atoms with Crippen LogP contribution in [0.1, 0.15) is 5.56 Å². The summed E-state index contributed by atoms with van der Waals surface area (Å²) in [5.74, 6) is 1.23. The molecule has 0 aromatic carbocycles. The fourth-order valence-corrected chi connectivity index (χ4v) is 1.73. The zero-order valence-corrected chi connectivity index (χ0v) is 9.31. The molecular weight excluding hydrogens is 214 g/mol. The number of aromatic nitrogens is 4. The minimum absolute atomic E-state index is 0.470. The Labute approximate surface area is 97.7 Å². The number of hydrogen-bond acceptors (Lipinski definition) is 4. The van der Waals surface area contributed by atoms with Crippen molar-refractivity contribution in [1.82, 2.24) is 19.9 Å². The Bertz CT molecular complexity index is 686. The summed E-state index contributed by atoms with van der Waals surface area (Å²) in [5, 5.41) is 0. The predicted octanol–water partition coefficient (Wildman–Crippen LogP) is 1.91. The fourth-order valence-electron chi connectivity index (χ4n) is 1.73. The second-order valence-corrected chi connectivity index (χ2v) is 3.94. The van der Waals surface area contributed by atoms with E-state index in [1.165, 1.54) is 0 Å². The zero-order valence-electron chi connectivity index (χ0n) is 9.31. The third kappa shape index (κ3) is 1.71. The van der Waals surface area contributed by atoms with Crippen molar-refractivity contribution < 1.29 is 0 Å². The van der Waals surface area contributed by atoms with E-state index in [0.717, 1.165) is 22.5 Å². The summed E-state index contributed by atoms with van der Waals surface area (Å²) in [6, 6.07) is 5.64. The van der Waals surface area contributed by atoms with Crippen LogP contribution in [-0.4, -0.2) is 19.9 Å². The number of pyridine rings is 2. The van der Waals surface area contributed by atoms with Crippen LogP contribution in [0.25, 0.3) is 22.6 Å². The van der Waals surface area contributed by atoms with E-state index < -0.39 is 0 Å². The Morgan fingerprint density at radius 1 is 1.18 bits per heavy atom. The number of nitrogen functional groups attached to an aromatic ring is 1. The number of rotatable bonds is 1. The zero-order chi connectivity index (χ0) is 11.8. The summed E-state index contributed by atoms with van der Waals surface area (Å²) in [5.41, 5.74) is 9.15. The highest BCUT2D eigenvalue weighted by atomic mass is 15.0. The molecule has 0 saturated heterocycles. The molecule has 5 heteroatoms. The van der Waals surface area contributed by atoms with Crippen LogP contribution >= 0.6 is 0 Å². The molecule has 3 aromatic rings. The molecule has 3 rings (SSSR count). The fraction of sp³-hybridized carbons (Fsp3) is 0.0833. The van der Waals surface area contributed by atoms with Crippen molar-refractivity contribution in [3.05, 3.63) is 36.2 Å². The van der Waals surface area contributed by atoms with Gasteiger partial charge in [-0.05, 0) is 30.7 Å². The summed E-state index contributed by atoms with van der Waals surface area (Å²) in [6.07, 6.45) is 3.58. The van der Waals surface area contributed by atoms with E-state index in [1.54, 1.807) is 12.3 Å². The average molecular weight is 225 g/mol. The maximum atomic E-state index is 5.62. The molecule has 0 saturated carbocycles. The summed E-state index contributed by atoms with van der Waals surface area (Å²) in [7, 11) is 0. The average Bonchev–Trinajstić information content (AvgIpc) is 2.72. The molecule has 3 heterocycles. The molecule has 3 N–H and O–H groups in total. The van der Waals surface area contributed by atoms with Crippen LogP contribution in [0.4, 0.5) is 5.82 Å². The van der Waals surface area contributed by atoms with Gasteiger partial charge in [0.15, 0.2) is 5.65 Å². The molecule has 84 valence electrons. The number of imidazole rings is 1. The first-order chi connectivity index (χ1) is 8.22. The minimum Gasteiger partial charge on any atom is -0.384 e. The normalized spacial score (nSPS) is 10.9. The smallest absolute Gasteiger partial charge is 0.180 e. The molecule has 5 nitrogen and oxygen atoms in total. The topological polar surface area (TPSA) is 80.5 Å². The Morgan fingerprint density at radius 2 is 2.06 bits per heavy atom. The van der Waals surface area contributed by atoms with Gasteiger partial charge in [-0.1, -0.05) is 0 Å². The van der Waals surface area contributed by atoms with Crippen LogP contribution in [0.15, 0.2) is 30.6 Å². The van der Waals surface area contributed by atoms with Gasteiger partial charge in [0, 0.05) is 18.0 Å². The molecule has 17 heavy (non-hydrogen) atoms. The molecule has 3 aromatic heterocycles. The number of anilines is 1. The molecule has 0 amide bonds. The number of fused-ring (bicyclic) bond motifs is 1. The van der Waals surface area contributed by atoms with Crippen molar-refractivity contribution in [3.8, 4) is 11.4 Å². The summed E-state index contributed by atoms with van der Waals surface area (Å²) in [6.45, 7) is 2.00. The highest BCUT2D eigenvalue weighted by Gasteiger charge is 2.06. The van der Waals surface area contributed by atoms with Crippen LogP contribution in [0.5, 0.6) is 0 Å². The van der Waals surface area contributed by atoms with E-state index in [9.17, 15) is 0 Å². The van der Waals surface area contributed by atoms with E-state index in [4.69, 9.17) is 5.73 Å². The van der Waals surface area contributed by atoms with Crippen molar-refractivity contribution in [3.63, 3.8) is 0 Å². The standard InChI is InChI=1S/C12H11N5/c1-7-4-8(6-14-5-7)11-15-9-2-3-10(13)16-12(9)17-11/h2-6H,1H3,(H3,13,15,16,17). The molecule has 0 aliphatic heterocycles. The molecule has 0 fully saturated rings. The highest BCUT2D eigenvalue weighted by molar-refractivity contribution is 5.77. The van der Waals surface area contributed by atoms with Gasteiger partial charge >= 0.3 is 0 Å². The molecular formula is C12H11N5. The van der Waals surface area contributed by atoms with Gasteiger partial charge in [-0.3, -0.25) is 4.98 Å². The van der Waals surface area contributed by atoms with Crippen LogP contribution < -0.4 is 5.73 Å². The van der Waals surface area contributed by atoms with Gasteiger partial charge in [0.2, 0.25) is 0 Å². The molecule has 0 aliphatic carbocycles. The lowest BCUT2D eigenvalue weighted by Gasteiger charge is -1.96. The third-order valence-electron chi connectivity index (χ3n) is 2.52. The lowest BCUT2D eigenvalue weighted by molar-refractivity contribution is 1.23. The first-order valence-electron chi connectivity index (χ1n) is 5.26. The van der Waals surface area contributed by atoms with Crippen molar-refractivity contribution in [2.45, 2.75) is 6.92 Å². The van der Waals surface area contributed by atoms with Crippen LogP contribution in [0, 0.1) is 6.92 Å². The van der Waals surface area contributed by atoms with Crippen LogP contribution in [-0.2, 0) is 0 Å². The van der Waals surface area contributed by atoms with E-state index in [1.807, 2.05) is 25.3 Å². The SMILES string of the molecule is Cc1cncc(-c2nc3nc(N)ccc3[nH]2)c1. The largest absolute Gasteiger partial charge is 0.384 e. The number of hydrogen-bond donors (Lipinski definition) is 2. The first-order valence-corrected chi connectivity index (χ1v) is 5.26. The minimum atomic E-state index is 0.470. The summed E-state index contributed by atoms with van der Waals surface area (Å²) in [4.78, 5) is 15.9. The second-order valence-electron chi connectivity index (χ2n) is 3.94. The van der Waals surface area contributed by atoms with Gasteiger partial charge < -0.3 is 10.7 Å². The number of aromatic amines is 1. The maximum Gasteiger partial charge on any atom is 0.180 e. The van der Waals surface area contributed by atoms with E-state index in [2.05, 4.69) is 19.9 Å². The van der Waals surface area contributed by atoms with Gasteiger partial charge in [0.25, 0.3) is 0 Å². The quantitative estimate of drug-likeness (QED) is 0.663. The van der Waals surface area contributed by atoms with Crippen LogP contribution in [0.2, 0.25) is 0 Å². The monoisotopic (exact) mass is 225 g/mol. The molecule has 0 bridgehead atoms. The Hall–Kier alpha value is -2.43. The highest BCUT2D eigenvalue weighted by Crippen LogP contribution is 2.19. The number of aryl methyl sites for hydroxylation is 1. The molecule has 0 aliphatic rings. The van der Waals surface area contributed by atoms with Gasteiger partial charge in [-0.15, -0.1) is 0 Å². The summed E-state index contributed by atoms with van der Waals surface area (Å²) < 4.78 is 0. The Kier molecular flexibility index (Phi) is 2.04. The van der Waals surface area contributed by atoms with E-state index in [0.29, 0.717) is 11.5 Å². The van der Waals surface area contributed by atoms with Crippen LogP contribution in [0.3, 0.4) is 0 Å². The van der Waals surface area contributed by atoms with Gasteiger partial charge in [-0.25, -0.2) is 9.97 Å². The number of nitrogens with one attached hydrogen (secondary N) is 1. The number of H-pyrrole nitrogens is 1. The maximum absolute atomic E-state index is 5.62.